The van der Waals surface area contributed by atoms with Crippen molar-refractivity contribution in [2.24, 2.45) is 0 Å². The number of hydrogen-bond donors (Lipinski definition) is 0. The van der Waals surface area contributed by atoms with Crippen LogP contribution in [0, 0.1) is 0 Å². The van der Waals surface area contributed by atoms with Crippen LogP contribution in [0.4, 0.5) is 5.95 Å². The minimum atomic E-state index is -0.0651. The van der Waals surface area contributed by atoms with Crippen molar-refractivity contribution >= 4 is 23.5 Å². The van der Waals surface area contributed by atoms with Gasteiger partial charge in [-0.1, -0.05) is 30.9 Å². The van der Waals surface area contributed by atoms with Crippen LogP contribution in [0.15, 0.2) is 6.20 Å². The van der Waals surface area contributed by atoms with Crippen LogP contribution >= 0.6 is 11.6 Å². The van der Waals surface area contributed by atoms with Crippen LogP contribution < -0.4 is 4.90 Å². The molecule has 1 aromatic heterocycles. The third kappa shape index (κ3) is 3.29. The van der Waals surface area contributed by atoms with Gasteiger partial charge in [-0.25, -0.2) is 9.97 Å². The lowest BCUT2D eigenvalue weighted by Gasteiger charge is -2.52. The van der Waals surface area contributed by atoms with Gasteiger partial charge in [0.2, 0.25) is 5.95 Å². The molecular formula is C19H28ClN5O. The van der Waals surface area contributed by atoms with Gasteiger partial charge in [0.15, 0.2) is 5.69 Å². The van der Waals surface area contributed by atoms with Crippen LogP contribution in [0.2, 0.25) is 5.02 Å². The van der Waals surface area contributed by atoms with Crippen LogP contribution in [0.3, 0.4) is 0 Å². The van der Waals surface area contributed by atoms with Gasteiger partial charge in [0, 0.05) is 32.7 Å². The first kappa shape index (κ1) is 18.0. The van der Waals surface area contributed by atoms with Crippen molar-refractivity contribution in [3.8, 4) is 0 Å². The Hall–Kier alpha value is -1.40. The van der Waals surface area contributed by atoms with E-state index in [9.17, 15) is 4.79 Å². The topological polar surface area (TPSA) is 52.6 Å². The summed E-state index contributed by atoms with van der Waals surface area (Å²) in [6.45, 7) is 4.49. The van der Waals surface area contributed by atoms with Crippen molar-refractivity contribution in [2.75, 3.05) is 44.7 Å². The van der Waals surface area contributed by atoms with Crippen molar-refractivity contribution in [3.63, 3.8) is 0 Å². The smallest absolute Gasteiger partial charge is 0.274 e. The molecule has 26 heavy (non-hydrogen) atoms. The zero-order chi connectivity index (χ0) is 18.1. The quantitative estimate of drug-likeness (QED) is 0.793. The van der Waals surface area contributed by atoms with E-state index in [2.05, 4.69) is 31.7 Å². The molecule has 0 N–H and O–H groups in total. The lowest BCUT2D eigenvalue weighted by atomic mass is 9.78. The molecule has 1 aliphatic carbocycles. The summed E-state index contributed by atoms with van der Waals surface area (Å²) >= 11 is 6.37. The average molecular weight is 378 g/mol. The van der Waals surface area contributed by atoms with Crippen molar-refractivity contribution in [1.29, 1.82) is 0 Å². The number of likely N-dealkylation sites (N-methyl/N-ethyl adjacent to an activating group) is 1. The monoisotopic (exact) mass is 377 g/mol. The van der Waals surface area contributed by atoms with Gasteiger partial charge in [-0.3, -0.25) is 4.79 Å². The summed E-state index contributed by atoms with van der Waals surface area (Å²) in [5, 5.41) is 0.364. The third-order valence-corrected chi connectivity index (χ3v) is 6.47. The molecule has 142 valence electrons. The van der Waals surface area contributed by atoms with Gasteiger partial charge in [-0.05, 0) is 32.7 Å². The van der Waals surface area contributed by atoms with Crippen LogP contribution in [0.1, 0.15) is 55.4 Å². The van der Waals surface area contributed by atoms with Crippen molar-refractivity contribution < 1.29 is 4.79 Å². The van der Waals surface area contributed by atoms with E-state index in [1.165, 1.54) is 19.3 Å². The molecule has 0 aromatic carbocycles. The predicted molar refractivity (Wildman–Crippen MR) is 103 cm³/mol. The maximum absolute atomic E-state index is 13.5. The van der Waals surface area contributed by atoms with E-state index >= 15 is 0 Å². The molecule has 1 amide bonds. The number of carbonyl (C=O) groups is 1. The number of nitrogens with zero attached hydrogens (tertiary/aromatic N) is 5. The Morgan fingerprint density at radius 3 is 2.54 bits per heavy atom. The summed E-state index contributed by atoms with van der Waals surface area (Å²) in [4.78, 5) is 29.0. The molecule has 7 heteroatoms. The Labute approximate surface area is 160 Å². The zero-order valence-corrected chi connectivity index (χ0v) is 16.3. The summed E-state index contributed by atoms with van der Waals surface area (Å²) in [5.74, 6) is 0.620. The van der Waals surface area contributed by atoms with E-state index in [1.54, 1.807) is 6.20 Å². The highest BCUT2D eigenvalue weighted by atomic mass is 35.5. The number of hydrogen-bond acceptors (Lipinski definition) is 5. The summed E-state index contributed by atoms with van der Waals surface area (Å²) < 4.78 is 0. The fourth-order valence-electron chi connectivity index (χ4n) is 4.83. The van der Waals surface area contributed by atoms with Gasteiger partial charge in [0.1, 0.15) is 0 Å². The van der Waals surface area contributed by atoms with Gasteiger partial charge in [0.05, 0.1) is 16.8 Å². The van der Waals surface area contributed by atoms with Gasteiger partial charge in [-0.15, -0.1) is 0 Å². The number of rotatable bonds is 2. The molecule has 3 heterocycles. The van der Waals surface area contributed by atoms with Crippen LogP contribution in [0.5, 0.6) is 0 Å². The van der Waals surface area contributed by atoms with E-state index in [0.29, 0.717) is 16.7 Å². The highest BCUT2D eigenvalue weighted by molar-refractivity contribution is 6.33. The largest absolute Gasteiger partial charge is 0.341 e. The van der Waals surface area contributed by atoms with E-state index in [4.69, 9.17) is 11.6 Å². The van der Waals surface area contributed by atoms with E-state index in [0.717, 1.165) is 58.4 Å². The molecule has 1 aromatic rings. The number of amides is 1. The standard InChI is InChI=1S/C19H28ClN5O/c1-23-11-12-25(19(14-23)7-3-2-4-8-19)17(26)16-15(20)13-21-18(22-16)24-9-5-6-10-24/h13H,2-12,14H2,1H3. The molecule has 6 nitrogen and oxygen atoms in total. The highest BCUT2D eigenvalue weighted by Gasteiger charge is 2.44. The van der Waals surface area contributed by atoms with E-state index in [-0.39, 0.29) is 11.4 Å². The van der Waals surface area contributed by atoms with Gasteiger partial charge in [-0.2, -0.15) is 0 Å². The number of halogens is 1. The van der Waals surface area contributed by atoms with Crippen LogP contribution in [0.25, 0.3) is 0 Å². The Balaban J connectivity index is 1.64. The molecule has 3 aliphatic rings. The molecule has 2 aliphatic heterocycles. The molecule has 4 rings (SSSR count). The number of piperazine rings is 1. The Morgan fingerprint density at radius 2 is 1.81 bits per heavy atom. The molecule has 0 radical (unpaired) electrons. The zero-order valence-electron chi connectivity index (χ0n) is 15.6. The lowest BCUT2D eigenvalue weighted by Crippen LogP contribution is -2.64. The predicted octanol–water partition coefficient (Wildman–Crippen LogP) is 2.82. The molecule has 1 saturated carbocycles. The molecule has 0 unspecified atom stereocenters. The molecule has 1 spiro atoms. The summed E-state index contributed by atoms with van der Waals surface area (Å²) in [6, 6.07) is 0. The minimum Gasteiger partial charge on any atom is -0.341 e. The SMILES string of the molecule is CN1CCN(C(=O)c2nc(N3CCCC3)ncc2Cl)C2(CCCCC2)C1. The van der Waals surface area contributed by atoms with Crippen molar-refractivity contribution in [3.05, 3.63) is 16.9 Å². The molecule has 0 bridgehead atoms. The maximum atomic E-state index is 13.5. The second kappa shape index (κ2) is 7.31. The number of anilines is 1. The number of aromatic nitrogens is 2. The molecule has 2 saturated heterocycles. The van der Waals surface area contributed by atoms with Gasteiger partial charge >= 0.3 is 0 Å². The summed E-state index contributed by atoms with van der Waals surface area (Å²) in [7, 11) is 2.15. The first-order chi connectivity index (χ1) is 12.6. The number of carbonyl (C=O) groups excluding carboxylic acids is 1. The van der Waals surface area contributed by atoms with Crippen LogP contribution in [-0.2, 0) is 0 Å². The maximum Gasteiger partial charge on any atom is 0.274 e. The highest BCUT2D eigenvalue weighted by Crippen LogP contribution is 2.37. The van der Waals surface area contributed by atoms with Gasteiger partial charge in [0.25, 0.3) is 5.91 Å². The average Bonchev–Trinajstić information content (AvgIpc) is 3.17. The first-order valence-corrected chi connectivity index (χ1v) is 10.2. The molecule has 0 atom stereocenters. The van der Waals surface area contributed by atoms with Gasteiger partial charge < -0.3 is 14.7 Å². The second-order valence-corrected chi connectivity index (χ2v) is 8.45. The normalized spacial score (nSPS) is 23.6. The molecule has 3 fully saturated rings. The van der Waals surface area contributed by atoms with Crippen molar-refractivity contribution in [2.45, 2.75) is 50.5 Å². The second-order valence-electron chi connectivity index (χ2n) is 8.04. The summed E-state index contributed by atoms with van der Waals surface area (Å²) in [5.41, 5.74) is 0.308. The Morgan fingerprint density at radius 1 is 1.08 bits per heavy atom. The van der Waals surface area contributed by atoms with Crippen molar-refractivity contribution in [1.82, 2.24) is 19.8 Å². The van der Waals surface area contributed by atoms with E-state index < -0.39 is 0 Å². The fourth-order valence-corrected chi connectivity index (χ4v) is 5.01. The summed E-state index contributed by atoms with van der Waals surface area (Å²) in [6.07, 6.45) is 9.69. The minimum absolute atomic E-state index is 0.0205. The van der Waals surface area contributed by atoms with Crippen LogP contribution in [-0.4, -0.2) is 71.0 Å². The fraction of sp³-hybridized carbons (Fsp3) is 0.737. The lowest BCUT2D eigenvalue weighted by molar-refractivity contribution is -0.00816. The van der Waals surface area contributed by atoms with E-state index in [1.807, 2.05) is 0 Å². The first-order valence-electron chi connectivity index (χ1n) is 9.87. The third-order valence-electron chi connectivity index (χ3n) is 6.19. The molecular weight excluding hydrogens is 350 g/mol. The Kier molecular flexibility index (Phi) is 5.06. The Bertz CT molecular complexity index is 670.